The van der Waals surface area contributed by atoms with Gasteiger partial charge in [-0.25, -0.2) is 4.98 Å². The van der Waals surface area contributed by atoms with E-state index in [0.29, 0.717) is 17.1 Å². The highest BCUT2D eigenvalue weighted by molar-refractivity contribution is 7.09. The van der Waals surface area contributed by atoms with Crippen LogP contribution in [0.4, 0.5) is 0 Å². The molecule has 2 aliphatic heterocycles. The number of rotatable bonds is 3. The van der Waals surface area contributed by atoms with Crippen molar-refractivity contribution >= 4 is 29.2 Å². The number of carbonyl (C=O) groups is 2. The van der Waals surface area contributed by atoms with E-state index in [1.807, 2.05) is 25.3 Å². The second kappa shape index (κ2) is 11.6. The molecule has 1 aromatic heterocycles. The number of carbonyl (C=O) groups excluding carboxylic acids is 2. The van der Waals surface area contributed by atoms with Gasteiger partial charge in [0.1, 0.15) is 16.9 Å². The van der Waals surface area contributed by atoms with Crippen molar-refractivity contribution < 1.29 is 34.4 Å². The van der Waals surface area contributed by atoms with E-state index in [9.17, 15) is 24.9 Å². The van der Waals surface area contributed by atoms with Crippen molar-refractivity contribution in [2.45, 2.75) is 104 Å². The molecule has 0 amide bonds. The van der Waals surface area contributed by atoms with Gasteiger partial charge in [0, 0.05) is 17.7 Å². The number of thiazole rings is 1. The topological polar surface area (TPSA) is 129 Å². The summed E-state index contributed by atoms with van der Waals surface area (Å²) in [5.41, 5.74) is 0.253. The van der Waals surface area contributed by atoms with Crippen molar-refractivity contribution in [1.82, 2.24) is 4.98 Å². The lowest BCUT2D eigenvalue weighted by Crippen LogP contribution is -2.45. The molecular formula is C26H39NO7S. The summed E-state index contributed by atoms with van der Waals surface area (Å²) in [7, 11) is 0. The predicted octanol–water partition coefficient (Wildman–Crippen LogP) is 3.27. The van der Waals surface area contributed by atoms with Crippen LogP contribution in [0.15, 0.2) is 11.0 Å². The third kappa shape index (κ3) is 6.98. The van der Waals surface area contributed by atoms with Gasteiger partial charge in [-0.15, -0.1) is 11.3 Å². The lowest BCUT2D eigenvalue weighted by molar-refractivity contribution is -0.154. The van der Waals surface area contributed by atoms with Crippen LogP contribution < -0.4 is 0 Å². The highest BCUT2D eigenvalue weighted by Crippen LogP contribution is 2.36. The largest absolute Gasteiger partial charge is 0.458 e. The van der Waals surface area contributed by atoms with E-state index in [-0.39, 0.29) is 36.9 Å². The normalized spacial score (nSPS) is 35.3. The molecule has 0 radical (unpaired) electrons. The molecule has 196 valence electrons. The summed E-state index contributed by atoms with van der Waals surface area (Å²) in [6, 6.07) is 0. The standard InChI is InChI=1S/C26H39NO7S/c1-14-7-6-8-18-20(33-18)10-19(15(2)9-17-13-35-22(12-28)27-17)34-23(30)11-21(29)26(4,5)25(32)16(3)24(14)31/h9,13-14,16,18-21,24,28-29,31H,6-8,10-12H2,1-5H3/b15-9+/t14-,16+,18+,19?,20-,21-,24-/m0/s1. The molecule has 3 N–H and O–H groups in total. The average molecular weight is 510 g/mol. The van der Waals surface area contributed by atoms with E-state index < -0.39 is 35.6 Å². The fourth-order valence-corrected chi connectivity index (χ4v) is 5.41. The Morgan fingerprint density at radius 2 is 1.94 bits per heavy atom. The Kier molecular flexibility index (Phi) is 9.26. The van der Waals surface area contributed by atoms with E-state index >= 15 is 0 Å². The smallest absolute Gasteiger partial charge is 0.309 e. The summed E-state index contributed by atoms with van der Waals surface area (Å²) >= 11 is 1.35. The maximum atomic E-state index is 13.2. The molecule has 2 saturated heterocycles. The first-order valence-electron chi connectivity index (χ1n) is 12.4. The molecule has 1 aromatic rings. The van der Waals surface area contributed by atoms with Crippen LogP contribution in [0, 0.1) is 17.3 Å². The molecule has 2 aliphatic rings. The van der Waals surface area contributed by atoms with Crippen LogP contribution in [0.3, 0.4) is 0 Å². The van der Waals surface area contributed by atoms with Crippen molar-refractivity contribution in [2.24, 2.45) is 17.3 Å². The SMILES string of the molecule is C/C(=C\c1csc(CO)n1)C1C[C@@H]2O[C@@H]2CCC[C@H](C)[C@H](O)[C@@H](C)C(=O)C(C)(C)[C@@H](O)CC(=O)O1. The molecule has 8 nitrogen and oxygen atoms in total. The van der Waals surface area contributed by atoms with Crippen LogP contribution in [-0.4, -0.2) is 62.6 Å². The summed E-state index contributed by atoms with van der Waals surface area (Å²) in [6.07, 6.45) is 1.86. The van der Waals surface area contributed by atoms with Crippen molar-refractivity contribution in [3.05, 3.63) is 21.7 Å². The highest BCUT2D eigenvalue weighted by Gasteiger charge is 2.44. The van der Waals surface area contributed by atoms with Crippen molar-refractivity contribution in [2.75, 3.05) is 0 Å². The molecule has 35 heavy (non-hydrogen) atoms. The number of cyclic esters (lactones) is 1. The number of hydrogen-bond acceptors (Lipinski definition) is 9. The predicted molar refractivity (Wildman–Crippen MR) is 132 cm³/mol. The lowest BCUT2D eigenvalue weighted by atomic mass is 9.73. The first-order valence-corrected chi connectivity index (χ1v) is 13.3. The number of aromatic nitrogens is 1. The number of ether oxygens (including phenoxy) is 2. The number of nitrogens with zero attached hydrogens (tertiary/aromatic N) is 1. The Morgan fingerprint density at radius 3 is 2.60 bits per heavy atom. The fraction of sp³-hybridized carbons (Fsp3) is 0.731. The summed E-state index contributed by atoms with van der Waals surface area (Å²) in [4.78, 5) is 30.4. The quantitative estimate of drug-likeness (QED) is 0.418. The van der Waals surface area contributed by atoms with Crippen LogP contribution in [0.2, 0.25) is 0 Å². The number of ketones is 1. The molecule has 3 heterocycles. The van der Waals surface area contributed by atoms with Crippen molar-refractivity contribution in [1.29, 1.82) is 0 Å². The molecule has 0 spiro atoms. The van der Waals surface area contributed by atoms with Crippen LogP contribution in [-0.2, 0) is 25.7 Å². The Labute approximate surface area is 211 Å². The number of esters is 1. The van der Waals surface area contributed by atoms with E-state index in [0.717, 1.165) is 24.8 Å². The van der Waals surface area contributed by atoms with Crippen molar-refractivity contribution in [3.8, 4) is 0 Å². The fourth-order valence-electron chi connectivity index (χ4n) is 4.80. The Bertz CT molecular complexity index is 927. The number of epoxide rings is 1. The minimum absolute atomic E-state index is 0.0328. The zero-order valence-electron chi connectivity index (χ0n) is 21.3. The van der Waals surface area contributed by atoms with Gasteiger partial charge in [0.2, 0.25) is 0 Å². The average Bonchev–Trinajstić information content (AvgIpc) is 3.38. The maximum Gasteiger partial charge on any atom is 0.309 e. The number of aliphatic hydroxyl groups excluding tert-OH is 3. The molecule has 7 atom stereocenters. The van der Waals surface area contributed by atoms with Crippen LogP contribution >= 0.6 is 11.3 Å². The van der Waals surface area contributed by atoms with Gasteiger partial charge in [0.15, 0.2) is 0 Å². The Morgan fingerprint density at radius 1 is 1.23 bits per heavy atom. The molecule has 0 aromatic carbocycles. The van der Waals surface area contributed by atoms with Gasteiger partial charge in [-0.3, -0.25) is 9.59 Å². The minimum atomic E-state index is -1.25. The van der Waals surface area contributed by atoms with Gasteiger partial charge in [0.05, 0.1) is 48.6 Å². The van der Waals surface area contributed by atoms with Gasteiger partial charge in [-0.05, 0) is 37.3 Å². The second-order valence-electron chi connectivity index (χ2n) is 10.6. The third-order valence-corrected chi connectivity index (χ3v) is 8.33. The maximum absolute atomic E-state index is 13.2. The first-order chi connectivity index (χ1) is 16.4. The molecule has 2 fully saturated rings. The third-order valence-electron chi connectivity index (χ3n) is 7.48. The van der Waals surface area contributed by atoms with E-state index in [1.54, 1.807) is 20.8 Å². The molecule has 3 rings (SSSR count). The van der Waals surface area contributed by atoms with Crippen LogP contribution in [0.25, 0.3) is 6.08 Å². The van der Waals surface area contributed by atoms with Gasteiger partial charge in [-0.2, -0.15) is 0 Å². The number of hydrogen-bond donors (Lipinski definition) is 3. The monoisotopic (exact) mass is 509 g/mol. The summed E-state index contributed by atoms with van der Waals surface area (Å²) in [5, 5.41) is 33.3. The molecule has 0 aliphatic carbocycles. The summed E-state index contributed by atoms with van der Waals surface area (Å²) in [6.45, 7) is 8.57. The lowest BCUT2D eigenvalue weighted by Gasteiger charge is -2.34. The van der Waals surface area contributed by atoms with Gasteiger partial charge >= 0.3 is 5.97 Å². The van der Waals surface area contributed by atoms with E-state index in [2.05, 4.69) is 4.98 Å². The molecule has 0 bridgehead atoms. The molecular weight excluding hydrogens is 470 g/mol. The number of aliphatic hydroxyl groups is 3. The van der Waals surface area contributed by atoms with E-state index in [4.69, 9.17) is 9.47 Å². The van der Waals surface area contributed by atoms with Gasteiger partial charge < -0.3 is 24.8 Å². The Balaban J connectivity index is 1.81. The zero-order chi connectivity index (χ0) is 25.9. The van der Waals surface area contributed by atoms with Gasteiger partial charge in [0.25, 0.3) is 0 Å². The first kappa shape index (κ1) is 27.9. The molecule has 1 unspecified atom stereocenters. The summed E-state index contributed by atoms with van der Waals surface area (Å²) in [5.74, 6) is -1.61. The van der Waals surface area contributed by atoms with Crippen molar-refractivity contribution in [3.63, 3.8) is 0 Å². The van der Waals surface area contributed by atoms with Crippen LogP contribution in [0.5, 0.6) is 0 Å². The highest BCUT2D eigenvalue weighted by atomic mass is 32.1. The van der Waals surface area contributed by atoms with Crippen LogP contribution in [0.1, 0.15) is 77.4 Å². The Hall–Kier alpha value is -1.65. The zero-order valence-corrected chi connectivity index (χ0v) is 22.1. The molecule has 9 heteroatoms. The minimum Gasteiger partial charge on any atom is -0.458 e. The number of Topliss-reactive ketones (excluding diaryl/α,β-unsaturated/α-hetero) is 1. The molecule has 0 saturated carbocycles. The van der Waals surface area contributed by atoms with E-state index in [1.165, 1.54) is 11.3 Å². The van der Waals surface area contributed by atoms with Gasteiger partial charge in [-0.1, -0.05) is 34.1 Å². The number of fused-ring (bicyclic) bond motifs is 1. The second-order valence-corrected chi connectivity index (χ2v) is 11.6. The summed E-state index contributed by atoms with van der Waals surface area (Å²) < 4.78 is 11.7.